The van der Waals surface area contributed by atoms with Crippen LogP contribution in [-0.2, 0) is 6.61 Å². The van der Waals surface area contributed by atoms with Gasteiger partial charge in [-0.15, -0.1) is 0 Å². The van der Waals surface area contributed by atoms with Crippen molar-refractivity contribution in [3.63, 3.8) is 0 Å². The van der Waals surface area contributed by atoms with Crippen LogP contribution in [0.1, 0.15) is 5.56 Å². The first-order chi connectivity index (χ1) is 13.0. The van der Waals surface area contributed by atoms with Gasteiger partial charge in [-0.2, -0.15) is 13.8 Å². The predicted molar refractivity (Wildman–Crippen MR) is 90.8 cm³/mol. The molecule has 0 radical (unpaired) electrons. The molecular formula is C18H12ClF3N2O3. The molecule has 0 amide bonds. The maximum atomic E-state index is 14.4. The molecule has 1 aromatic carbocycles. The van der Waals surface area contributed by atoms with Crippen LogP contribution in [0.2, 0.25) is 5.15 Å². The van der Waals surface area contributed by atoms with Crippen LogP contribution in [0.15, 0.2) is 42.6 Å². The van der Waals surface area contributed by atoms with Gasteiger partial charge in [-0.25, -0.2) is 9.37 Å². The van der Waals surface area contributed by atoms with Gasteiger partial charge in [0.15, 0.2) is 0 Å². The summed E-state index contributed by atoms with van der Waals surface area (Å²) in [5, 5.41) is 0.120. The third-order valence-electron chi connectivity index (χ3n) is 3.38. The lowest BCUT2D eigenvalue weighted by Crippen LogP contribution is -2.05. The molecule has 0 fully saturated rings. The van der Waals surface area contributed by atoms with E-state index < -0.39 is 35.0 Å². The van der Waals surface area contributed by atoms with Gasteiger partial charge in [0.2, 0.25) is 17.4 Å². The van der Waals surface area contributed by atoms with Crippen LogP contribution < -0.4 is 14.2 Å². The van der Waals surface area contributed by atoms with Crippen molar-refractivity contribution in [1.82, 2.24) is 9.97 Å². The fourth-order valence-electron chi connectivity index (χ4n) is 2.12. The third-order valence-corrected chi connectivity index (χ3v) is 3.59. The van der Waals surface area contributed by atoms with Crippen molar-refractivity contribution in [3.05, 3.63) is 70.8 Å². The van der Waals surface area contributed by atoms with Gasteiger partial charge in [-0.05, 0) is 23.8 Å². The highest BCUT2D eigenvalue weighted by Gasteiger charge is 2.24. The number of benzene rings is 1. The first kappa shape index (κ1) is 18.8. The van der Waals surface area contributed by atoms with Crippen molar-refractivity contribution in [3.8, 4) is 23.3 Å². The van der Waals surface area contributed by atoms with E-state index in [1.54, 1.807) is 0 Å². The summed E-state index contributed by atoms with van der Waals surface area (Å²) in [6, 6.07) is 8.14. The normalized spacial score (nSPS) is 10.6. The minimum Gasteiger partial charge on any atom is -0.491 e. The van der Waals surface area contributed by atoms with Crippen LogP contribution in [0.4, 0.5) is 13.2 Å². The zero-order valence-corrected chi connectivity index (χ0v) is 14.6. The Hall–Kier alpha value is -3.00. The van der Waals surface area contributed by atoms with Gasteiger partial charge in [-0.3, -0.25) is 0 Å². The number of aromatic nitrogens is 2. The van der Waals surface area contributed by atoms with Crippen LogP contribution in [0.3, 0.4) is 0 Å². The Morgan fingerprint density at radius 3 is 2.37 bits per heavy atom. The number of ether oxygens (including phenoxy) is 3. The number of rotatable bonds is 6. The molecule has 0 aliphatic heterocycles. The average Bonchev–Trinajstić information content (AvgIpc) is 2.65. The van der Waals surface area contributed by atoms with Gasteiger partial charge in [0.05, 0.1) is 7.11 Å². The zero-order chi connectivity index (χ0) is 19.4. The lowest BCUT2D eigenvalue weighted by molar-refractivity contribution is 0.256. The highest BCUT2D eigenvalue weighted by atomic mass is 35.5. The molecule has 0 spiro atoms. The van der Waals surface area contributed by atoms with Crippen LogP contribution in [-0.4, -0.2) is 17.1 Å². The summed E-state index contributed by atoms with van der Waals surface area (Å²) in [5.74, 6) is -4.36. The Labute approximate surface area is 157 Å². The molecule has 140 valence electrons. The average molecular weight is 397 g/mol. The molecule has 0 saturated carbocycles. The second-order valence-electron chi connectivity index (χ2n) is 5.21. The molecule has 9 heteroatoms. The smallest absolute Gasteiger partial charge is 0.263 e. The summed E-state index contributed by atoms with van der Waals surface area (Å²) in [4.78, 5) is 7.50. The van der Waals surface area contributed by atoms with Gasteiger partial charge >= 0.3 is 0 Å². The van der Waals surface area contributed by atoms with E-state index in [-0.39, 0.29) is 17.5 Å². The molecule has 2 aromatic heterocycles. The maximum absolute atomic E-state index is 14.4. The van der Waals surface area contributed by atoms with E-state index in [2.05, 4.69) is 9.97 Å². The van der Waals surface area contributed by atoms with Crippen LogP contribution in [0.5, 0.6) is 23.3 Å². The second-order valence-corrected chi connectivity index (χ2v) is 5.60. The summed E-state index contributed by atoms with van der Waals surface area (Å²) < 4.78 is 57.1. The predicted octanol–water partition coefficient (Wildman–Crippen LogP) is 4.93. The largest absolute Gasteiger partial charge is 0.491 e. The SMILES string of the molecule is COc1c(F)c(OCc2ccc(F)cc2)nc(Oc2ccnc(Cl)c2)c1F. The summed E-state index contributed by atoms with van der Waals surface area (Å²) in [6.07, 6.45) is 1.35. The fourth-order valence-corrected chi connectivity index (χ4v) is 2.28. The summed E-state index contributed by atoms with van der Waals surface area (Å²) in [6.45, 7) is -0.125. The lowest BCUT2D eigenvalue weighted by atomic mass is 10.2. The minimum atomic E-state index is -1.14. The van der Waals surface area contributed by atoms with Crippen molar-refractivity contribution >= 4 is 11.6 Å². The molecule has 0 aliphatic rings. The van der Waals surface area contributed by atoms with Crippen LogP contribution in [0, 0.1) is 17.5 Å². The van der Waals surface area contributed by atoms with Crippen molar-refractivity contribution in [2.24, 2.45) is 0 Å². The first-order valence-electron chi connectivity index (χ1n) is 7.57. The fraction of sp³-hybridized carbons (Fsp3) is 0.111. The Morgan fingerprint density at radius 2 is 1.70 bits per heavy atom. The van der Waals surface area contributed by atoms with Gasteiger partial charge in [-0.1, -0.05) is 23.7 Å². The molecule has 0 N–H and O–H groups in total. The summed E-state index contributed by atoms with van der Waals surface area (Å²) in [7, 11) is 1.10. The Bertz CT molecular complexity index is 955. The number of halogens is 4. The minimum absolute atomic E-state index is 0.120. The van der Waals surface area contributed by atoms with Crippen molar-refractivity contribution < 1.29 is 27.4 Å². The highest BCUT2D eigenvalue weighted by Crippen LogP contribution is 2.36. The van der Waals surface area contributed by atoms with Gasteiger partial charge in [0, 0.05) is 12.3 Å². The van der Waals surface area contributed by atoms with Gasteiger partial charge < -0.3 is 14.2 Å². The van der Waals surface area contributed by atoms with Crippen LogP contribution >= 0.6 is 11.6 Å². The van der Waals surface area contributed by atoms with Gasteiger partial charge in [0.25, 0.3) is 11.8 Å². The molecule has 0 saturated heterocycles. The highest BCUT2D eigenvalue weighted by molar-refractivity contribution is 6.29. The van der Waals surface area contributed by atoms with E-state index in [4.69, 9.17) is 25.8 Å². The summed E-state index contributed by atoms with van der Waals surface area (Å²) in [5.41, 5.74) is 0.560. The lowest BCUT2D eigenvalue weighted by Gasteiger charge is -2.13. The molecule has 0 bridgehead atoms. The Balaban J connectivity index is 1.89. The van der Waals surface area contributed by atoms with E-state index in [0.29, 0.717) is 5.56 Å². The Morgan fingerprint density at radius 1 is 1.00 bits per heavy atom. The number of hydrogen-bond acceptors (Lipinski definition) is 5. The third kappa shape index (κ3) is 4.40. The van der Waals surface area contributed by atoms with Gasteiger partial charge in [0.1, 0.15) is 23.3 Å². The van der Waals surface area contributed by atoms with Crippen molar-refractivity contribution in [2.45, 2.75) is 6.61 Å². The number of hydrogen-bond donors (Lipinski definition) is 0. The molecule has 27 heavy (non-hydrogen) atoms. The standard InChI is InChI=1S/C18H12ClF3N2O3/c1-25-16-14(21)17(26-9-10-2-4-11(20)5-3-10)24-18(15(16)22)27-12-6-7-23-13(19)8-12/h2-8H,9H2,1H3. The molecule has 0 unspecified atom stereocenters. The van der Waals surface area contributed by atoms with E-state index in [0.717, 1.165) is 7.11 Å². The summed E-state index contributed by atoms with van der Waals surface area (Å²) >= 11 is 5.75. The molecule has 5 nitrogen and oxygen atoms in total. The Kier molecular flexibility index (Phi) is 5.66. The molecule has 0 aliphatic carbocycles. The monoisotopic (exact) mass is 396 g/mol. The van der Waals surface area contributed by atoms with E-state index in [1.807, 2.05) is 0 Å². The topological polar surface area (TPSA) is 53.5 Å². The van der Waals surface area contributed by atoms with E-state index in [9.17, 15) is 13.2 Å². The number of pyridine rings is 2. The number of methoxy groups -OCH3 is 1. The second kappa shape index (κ2) is 8.13. The van der Waals surface area contributed by atoms with E-state index in [1.165, 1.54) is 42.6 Å². The molecule has 3 rings (SSSR count). The van der Waals surface area contributed by atoms with Crippen molar-refractivity contribution in [2.75, 3.05) is 7.11 Å². The van der Waals surface area contributed by atoms with E-state index >= 15 is 0 Å². The first-order valence-corrected chi connectivity index (χ1v) is 7.95. The molecule has 2 heterocycles. The van der Waals surface area contributed by atoms with Crippen molar-refractivity contribution in [1.29, 1.82) is 0 Å². The molecular weight excluding hydrogens is 385 g/mol. The molecule has 3 aromatic rings. The molecule has 0 atom stereocenters. The quantitative estimate of drug-likeness (QED) is 0.553. The maximum Gasteiger partial charge on any atom is 0.263 e. The zero-order valence-electron chi connectivity index (χ0n) is 13.9. The number of nitrogens with zero attached hydrogens (tertiary/aromatic N) is 2. The van der Waals surface area contributed by atoms with Crippen LogP contribution in [0.25, 0.3) is 0 Å².